The molecule has 2 rings (SSSR count). The number of hydrogen-bond donors (Lipinski definition) is 1. The SMILES string of the molecule is COC(=O)C1(C)CC(c2ccc(C(F)(F)F)cc2)CN1. The molecule has 1 aromatic carbocycles. The Bertz CT molecular complexity index is 498. The lowest BCUT2D eigenvalue weighted by molar-refractivity contribution is -0.147. The van der Waals surface area contributed by atoms with Crippen molar-refractivity contribution in [3.63, 3.8) is 0 Å². The van der Waals surface area contributed by atoms with Gasteiger partial charge in [0, 0.05) is 6.54 Å². The third-order valence-electron chi connectivity index (χ3n) is 3.74. The number of carbonyl (C=O) groups is 1. The fourth-order valence-corrected chi connectivity index (χ4v) is 2.55. The number of halogens is 3. The lowest BCUT2D eigenvalue weighted by Crippen LogP contribution is -2.45. The van der Waals surface area contributed by atoms with Crippen LogP contribution in [0.5, 0.6) is 0 Å². The van der Waals surface area contributed by atoms with Gasteiger partial charge in [0.1, 0.15) is 5.54 Å². The quantitative estimate of drug-likeness (QED) is 0.850. The number of methoxy groups -OCH3 is 1. The second kappa shape index (κ2) is 5.09. The molecule has 0 aliphatic carbocycles. The molecule has 1 heterocycles. The molecule has 0 bridgehead atoms. The summed E-state index contributed by atoms with van der Waals surface area (Å²) in [5.74, 6) is -0.353. The van der Waals surface area contributed by atoms with Crippen LogP contribution in [-0.4, -0.2) is 25.2 Å². The molecule has 0 aromatic heterocycles. The molecule has 0 spiro atoms. The van der Waals surface area contributed by atoms with E-state index in [0.29, 0.717) is 13.0 Å². The van der Waals surface area contributed by atoms with E-state index < -0.39 is 17.3 Å². The molecule has 3 nitrogen and oxygen atoms in total. The van der Waals surface area contributed by atoms with Gasteiger partial charge in [-0.2, -0.15) is 13.2 Å². The third kappa shape index (κ3) is 2.80. The highest BCUT2D eigenvalue weighted by Gasteiger charge is 2.42. The Balaban J connectivity index is 2.13. The average molecular weight is 287 g/mol. The van der Waals surface area contributed by atoms with E-state index in [1.807, 2.05) is 0 Å². The zero-order chi connectivity index (χ0) is 15.0. The maximum atomic E-state index is 12.5. The van der Waals surface area contributed by atoms with E-state index in [-0.39, 0.29) is 11.9 Å². The highest BCUT2D eigenvalue weighted by molar-refractivity contribution is 5.80. The van der Waals surface area contributed by atoms with Crippen LogP contribution in [0.1, 0.15) is 30.4 Å². The lowest BCUT2D eigenvalue weighted by Gasteiger charge is -2.21. The minimum Gasteiger partial charge on any atom is -0.468 e. The van der Waals surface area contributed by atoms with Gasteiger partial charge in [-0.25, -0.2) is 0 Å². The normalized spacial score (nSPS) is 26.6. The molecule has 1 saturated heterocycles. The molecule has 110 valence electrons. The molecule has 6 heteroatoms. The predicted octanol–water partition coefficient (Wildman–Crippen LogP) is 2.71. The van der Waals surface area contributed by atoms with Crippen molar-refractivity contribution in [2.24, 2.45) is 0 Å². The molecule has 1 aliphatic rings. The van der Waals surface area contributed by atoms with Gasteiger partial charge in [0.15, 0.2) is 0 Å². The third-order valence-corrected chi connectivity index (χ3v) is 3.74. The Morgan fingerprint density at radius 2 is 1.95 bits per heavy atom. The molecule has 2 unspecified atom stereocenters. The Morgan fingerprint density at radius 3 is 2.45 bits per heavy atom. The van der Waals surface area contributed by atoms with E-state index in [2.05, 4.69) is 5.32 Å². The molecule has 1 aliphatic heterocycles. The highest BCUT2D eigenvalue weighted by Crippen LogP contribution is 2.35. The van der Waals surface area contributed by atoms with Gasteiger partial charge < -0.3 is 10.1 Å². The van der Waals surface area contributed by atoms with Crippen LogP contribution in [0.2, 0.25) is 0 Å². The van der Waals surface area contributed by atoms with E-state index in [9.17, 15) is 18.0 Å². The van der Waals surface area contributed by atoms with E-state index >= 15 is 0 Å². The number of alkyl halides is 3. The van der Waals surface area contributed by atoms with Crippen LogP contribution in [0.3, 0.4) is 0 Å². The highest BCUT2D eigenvalue weighted by atomic mass is 19.4. The summed E-state index contributed by atoms with van der Waals surface area (Å²) < 4.78 is 42.2. The van der Waals surface area contributed by atoms with Gasteiger partial charge in [-0.1, -0.05) is 12.1 Å². The summed E-state index contributed by atoms with van der Waals surface area (Å²) in [4.78, 5) is 11.7. The van der Waals surface area contributed by atoms with Crippen molar-refractivity contribution in [1.29, 1.82) is 0 Å². The Morgan fingerprint density at radius 1 is 1.35 bits per heavy atom. The number of carbonyl (C=O) groups excluding carboxylic acids is 1. The van der Waals surface area contributed by atoms with Crippen LogP contribution in [0, 0.1) is 0 Å². The zero-order valence-electron chi connectivity index (χ0n) is 11.3. The van der Waals surface area contributed by atoms with Gasteiger partial charge in [-0.15, -0.1) is 0 Å². The molecule has 0 amide bonds. The van der Waals surface area contributed by atoms with Crippen molar-refractivity contribution in [3.05, 3.63) is 35.4 Å². The smallest absolute Gasteiger partial charge is 0.416 e. The summed E-state index contributed by atoms with van der Waals surface area (Å²) in [6.45, 7) is 2.28. The molecule has 20 heavy (non-hydrogen) atoms. The van der Waals surface area contributed by atoms with Crippen LogP contribution in [0.25, 0.3) is 0 Å². The molecular formula is C14H16F3NO2. The maximum absolute atomic E-state index is 12.5. The first-order valence-electron chi connectivity index (χ1n) is 6.27. The van der Waals surface area contributed by atoms with Crippen LogP contribution < -0.4 is 5.32 Å². The Hall–Kier alpha value is -1.56. The molecule has 0 radical (unpaired) electrons. The minimum absolute atomic E-state index is 0.00128. The van der Waals surface area contributed by atoms with Crippen LogP contribution in [0.4, 0.5) is 13.2 Å². The van der Waals surface area contributed by atoms with Gasteiger partial charge in [-0.3, -0.25) is 4.79 Å². The Labute approximate surface area is 115 Å². The van der Waals surface area contributed by atoms with E-state index in [0.717, 1.165) is 17.7 Å². The number of ether oxygens (including phenoxy) is 1. The van der Waals surface area contributed by atoms with Gasteiger partial charge in [0.2, 0.25) is 0 Å². The van der Waals surface area contributed by atoms with Crippen molar-refractivity contribution in [2.75, 3.05) is 13.7 Å². The molecule has 2 atom stereocenters. The summed E-state index contributed by atoms with van der Waals surface area (Å²) in [6.07, 6.45) is -3.82. The van der Waals surface area contributed by atoms with Crippen LogP contribution in [0.15, 0.2) is 24.3 Å². The van der Waals surface area contributed by atoms with E-state index in [1.54, 1.807) is 6.92 Å². The van der Waals surface area contributed by atoms with Gasteiger partial charge >= 0.3 is 12.1 Å². The number of rotatable bonds is 2. The molecule has 1 N–H and O–H groups in total. The van der Waals surface area contributed by atoms with Crippen LogP contribution >= 0.6 is 0 Å². The van der Waals surface area contributed by atoms with Gasteiger partial charge in [0.25, 0.3) is 0 Å². The molecule has 0 saturated carbocycles. The average Bonchev–Trinajstić information content (AvgIpc) is 2.81. The molecular weight excluding hydrogens is 271 g/mol. The topological polar surface area (TPSA) is 38.3 Å². The number of hydrogen-bond acceptors (Lipinski definition) is 3. The number of nitrogens with one attached hydrogen (secondary N) is 1. The largest absolute Gasteiger partial charge is 0.468 e. The number of esters is 1. The first-order valence-corrected chi connectivity index (χ1v) is 6.27. The second-order valence-corrected chi connectivity index (χ2v) is 5.23. The predicted molar refractivity (Wildman–Crippen MR) is 67.2 cm³/mol. The fourth-order valence-electron chi connectivity index (χ4n) is 2.55. The molecule has 1 fully saturated rings. The van der Waals surface area contributed by atoms with Crippen molar-refractivity contribution in [3.8, 4) is 0 Å². The van der Waals surface area contributed by atoms with Gasteiger partial charge in [0.05, 0.1) is 12.7 Å². The van der Waals surface area contributed by atoms with Crippen molar-refractivity contribution in [1.82, 2.24) is 5.32 Å². The summed E-state index contributed by atoms with van der Waals surface area (Å²) in [5, 5.41) is 3.08. The summed E-state index contributed by atoms with van der Waals surface area (Å²) in [7, 11) is 1.32. The first kappa shape index (κ1) is 14.8. The van der Waals surface area contributed by atoms with Gasteiger partial charge in [-0.05, 0) is 37.0 Å². The Kier molecular flexibility index (Phi) is 3.77. The zero-order valence-corrected chi connectivity index (χ0v) is 11.3. The first-order chi connectivity index (χ1) is 9.26. The van der Waals surface area contributed by atoms with Crippen molar-refractivity contribution >= 4 is 5.97 Å². The van der Waals surface area contributed by atoms with Crippen molar-refractivity contribution in [2.45, 2.75) is 31.0 Å². The molecule has 1 aromatic rings. The van der Waals surface area contributed by atoms with Crippen molar-refractivity contribution < 1.29 is 22.7 Å². The van der Waals surface area contributed by atoms with E-state index in [1.165, 1.54) is 19.2 Å². The minimum atomic E-state index is -4.33. The summed E-state index contributed by atoms with van der Waals surface area (Å²) in [5.41, 5.74) is -0.650. The lowest BCUT2D eigenvalue weighted by atomic mass is 9.90. The van der Waals surface area contributed by atoms with E-state index in [4.69, 9.17) is 4.74 Å². The number of benzene rings is 1. The monoisotopic (exact) mass is 287 g/mol. The summed E-state index contributed by atoms with van der Waals surface area (Å²) in [6, 6.07) is 5.09. The second-order valence-electron chi connectivity index (χ2n) is 5.23. The summed E-state index contributed by atoms with van der Waals surface area (Å²) >= 11 is 0. The standard InChI is InChI=1S/C14H16F3NO2/c1-13(12(19)20-2)7-10(8-18-13)9-3-5-11(6-4-9)14(15,16)17/h3-6,10,18H,7-8H2,1-2H3. The maximum Gasteiger partial charge on any atom is 0.416 e. The fraction of sp³-hybridized carbons (Fsp3) is 0.500. The van der Waals surface area contributed by atoms with Crippen LogP contribution in [-0.2, 0) is 15.7 Å².